The number of carbonyl (C=O) groups is 3. The molecule has 38 heavy (non-hydrogen) atoms. The van der Waals surface area contributed by atoms with Gasteiger partial charge in [-0.1, -0.05) is 53.5 Å². The Morgan fingerprint density at radius 2 is 1.79 bits per heavy atom. The van der Waals surface area contributed by atoms with E-state index in [2.05, 4.69) is 5.32 Å². The van der Waals surface area contributed by atoms with Gasteiger partial charge in [0.25, 0.3) is 17.1 Å². The van der Waals surface area contributed by atoms with Crippen LogP contribution in [0.3, 0.4) is 0 Å². The van der Waals surface area contributed by atoms with Gasteiger partial charge in [0, 0.05) is 5.69 Å². The molecule has 0 unspecified atom stereocenters. The van der Waals surface area contributed by atoms with E-state index in [1.54, 1.807) is 42.5 Å². The van der Waals surface area contributed by atoms with Gasteiger partial charge in [-0.15, -0.1) is 0 Å². The van der Waals surface area contributed by atoms with Gasteiger partial charge in [-0.05, 0) is 78.7 Å². The van der Waals surface area contributed by atoms with E-state index in [1.165, 1.54) is 0 Å². The first-order valence-corrected chi connectivity index (χ1v) is 13.3. The van der Waals surface area contributed by atoms with Crippen LogP contribution in [0.15, 0.2) is 65.6 Å². The van der Waals surface area contributed by atoms with Crippen LogP contribution in [0.2, 0.25) is 10.0 Å². The summed E-state index contributed by atoms with van der Waals surface area (Å²) in [6.07, 6.45) is 1.62. The van der Waals surface area contributed by atoms with Crippen LogP contribution < -0.4 is 14.8 Å². The topological polar surface area (TPSA) is 84.9 Å². The molecule has 0 spiro atoms. The van der Waals surface area contributed by atoms with Gasteiger partial charge in [0.1, 0.15) is 0 Å². The van der Waals surface area contributed by atoms with Crippen molar-refractivity contribution >= 4 is 63.8 Å². The molecule has 0 atom stereocenters. The van der Waals surface area contributed by atoms with Gasteiger partial charge in [0.15, 0.2) is 18.1 Å². The van der Waals surface area contributed by atoms with E-state index in [1.807, 2.05) is 38.1 Å². The Bertz CT molecular complexity index is 1430. The highest BCUT2D eigenvalue weighted by Crippen LogP contribution is 2.36. The Morgan fingerprint density at radius 3 is 2.53 bits per heavy atom. The lowest BCUT2D eigenvalue weighted by Crippen LogP contribution is -2.27. The minimum atomic E-state index is -0.405. The zero-order valence-electron chi connectivity index (χ0n) is 20.6. The minimum Gasteiger partial charge on any atom is -0.490 e. The third kappa shape index (κ3) is 6.69. The molecule has 1 N–H and O–H groups in total. The van der Waals surface area contributed by atoms with Crippen LogP contribution in [-0.4, -0.2) is 35.2 Å². The molecule has 0 bridgehead atoms. The van der Waals surface area contributed by atoms with E-state index >= 15 is 0 Å². The first kappa shape index (κ1) is 27.6. The summed E-state index contributed by atoms with van der Waals surface area (Å²) in [5.41, 5.74) is 3.00. The number of ether oxygens (including phenoxy) is 2. The second kappa shape index (κ2) is 12.4. The fourth-order valence-electron chi connectivity index (χ4n) is 3.65. The molecule has 0 radical (unpaired) electrons. The number of aryl methyl sites for hydroxylation is 1. The number of para-hydroxylation sites is 1. The quantitative estimate of drug-likeness (QED) is 0.280. The molecule has 1 saturated heterocycles. The van der Waals surface area contributed by atoms with Crippen molar-refractivity contribution in [2.75, 3.05) is 18.5 Å². The summed E-state index contributed by atoms with van der Waals surface area (Å²) in [6, 6.07) is 17.5. The van der Waals surface area contributed by atoms with E-state index < -0.39 is 5.91 Å². The van der Waals surface area contributed by atoms with Gasteiger partial charge < -0.3 is 14.8 Å². The number of hydrogen-bond donors (Lipinski definition) is 1. The zero-order chi connectivity index (χ0) is 27.2. The lowest BCUT2D eigenvalue weighted by molar-refractivity contribution is -0.123. The van der Waals surface area contributed by atoms with E-state index in [0.717, 1.165) is 27.9 Å². The minimum absolute atomic E-state index is 0.0838. The number of benzene rings is 3. The molecule has 196 valence electrons. The van der Waals surface area contributed by atoms with Gasteiger partial charge in [-0.3, -0.25) is 19.3 Å². The summed E-state index contributed by atoms with van der Waals surface area (Å²) >= 11 is 12.9. The Labute approximate surface area is 234 Å². The molecule has 0 aromatic heterocycles. The smallest absolute Gasteiger partial charge is 0.293 e. The average molecular weight is 571 g/mol. The molecule has 0 aliphatic carbocycles. The number of nitrogens with zero attached hydrogens (tertiary/aromatic N) is 1. The SMILES string of the molecule is CCOc1cc(/C=C2\SC(=O)N(Cc3ccc(Cl)c(Cl)c3)C2=O)ccc1OCC(=O)Nc1ccccc1C. The maximum absolute atomic E-state index is 13.0. The van der Waals surface area contributed by atoms with E-state index in [9.17, 15) is 14.4 Å². The molecule has 1 heterocycles. The van der Waals surface area contributed by atoms with Crippen molar-refractivity contribution in [2.45, 2.75) is 20.4 Å². The number of thioether (sulfide) groups is 1. The number of amides is 3. The number of rotatable bonds is 9. The van der Waals surface area contributed by atoms with Crippen molar-refractivity contribution in [3.05, 3.63) is 92.3 Å². The van der Waals surface area contributed by atoms with Gasteiger partial charge >= 0.3 is 0 Å². The number of carbonyl (C=O) groups excluding carboxylic acids is 3. The fraction of sp³-hybridized carbons (Fsp3) is 0.179. The largest absolute Gasteiger partial charge is 0.490 e. The molecule has 3 amide bonds. The van der Waals surface area contributed by atoms with Crippen molar-refractivity contribution in [3.8, 4) is 11.5 Å². The van der Waals surface area contributed by atoms with Crippen LogP contribution in [0.1, 0.15) is 23.6 Å². The Morgan fingerprint density at radius 1 is 1.00 bits per heavy atom. The molecule has 0 saturated carbocycles. The number of imide groups is 1. The summed E-state index contributed by atoms with van der Waals surface area (Å²) in [5.74, 6) is 0.0929. The third-order valence-electron chi connectivity index (χ3n) is 5.54. The number of hydrogen-bond acceptors (Lipinski definition) is 6. The molecule has 3 aromatic carbocycles. The zero-order valence-corrected chi connectivity index (χ0v) is 23.0. The van der Waals surface area contributed by atoms with Crippen LogP contribution in [0.25, 0.3) is 6.08 Å². The highest BCUT2D eigenvalue weighted by molar-refractivity contribution is 8.18. The van der Waals surface area contributed by atoms with Crippen LogP contribution in [0.5, 0.6) is 11.5 Å². The van der Waals surface area contributed by atoms with Crippen LogP contribution in [0, 0.1) is 6.92 Å². The lowest BCUT2D eigenvalue weighted by atomic mass is 10.1. The molecule has 1 aliphatic heterocycles. The van der Waals surface area contributed by atoms with Gasteiger partial charge in [-0.25, -0.2) is 0 Å². The summed E-state index contributed by atoms with van der Waals surface area (Å²) in [4.78, 5) is 39.3. The van der Waals surface area contributed by atoms with E-state index in [4.69, 9.17) is 32.7 Å². The first-order chi connectivity index (χ1) is 18.2. The standard InChI is InChI=1S/C28H24Cl2N2O5S/c1-3-36-24-13-18(9-11-23(24)37-16-26(33)31-22-7-5-4-6-17(22)2)14-25-27(34)32(28(35)38-25)15-19-8-10-20(29)21(30)12-19/h4-14H,3,15-16H2,1-2H3,(H,31,33)/b25-14-. The molecule has 7 nitrogen and oxygen atoms in total. The summed E-state index contributed by atoms with van der Waals surface area (Å²) < 4.78 is 11.4. The van der Waals surface area contributed by atoms with Crippen LogP contribution in [0.4, 0.5) is 10.5 Å². The Balaban J connectivity index is 1.45. The molecule has 4 rings (SSSR count). The number of nitrogens with one attached hydrogen (secondary N) is 1. The third-order valence-corrected chi connectivity index (χ3v) is 7.19. The van der Waals surface area contributed by atoms with Gasteiger partial charge in [-0.2, -0.15) is 0 Å². The van der Waals surface area contributed by atoms with Gasteiger partial charge in [0.05, 0.1) is 28.1 Å². The number of anilines is 1. The average Bonchev–Trinajstić information content (AvgIpc) is 3.14. The summed E-state index contributed by atoms with van der Waals surface area (Å²) in [7, 11) is 0. The highest BCUT2D eigenvalue weighted by Gasteiger charge is 2.35. The van der Waals surface area contributed by atoms with Crippen molar-refractivity contribution in [2.24, 2.45) is 0 Å². The first-order valence-electron chi connectivity index (χ1n) is 11.7. The monoisotopic (exact) mass is 570 g/mol. The summed E-state index contributed by atoms with van der Waals surface area (Å²) in [5, 5.41) is 3.19. The second-order valence-electron chi connectivity index (χ2n) is 8.31. The van der Waals surface area contributed by atoms with Crippen molar-refractivity contribution in [3.63, 3.8) is 0 Å². The highest BCUT2D eigenvalue weighted by atomic mass is 35.5. The lowest BCUT2D eigenvalue weighted by Gasteiger charge is -2.14. The maximum Gasteiger partial charge on any atom is 0.293 e. The molecular formula is C28H24Cl2N2O5S. The predicted molar refractivity (Wildman–Crippen MR) is 151 cm³/mol. The molecule has 3 aromatic rings. The molecular weight excluding hydrogens is 547 g/mol. The fourth-order valence-corrected chi connectivity index (χ4v) is 4.81. The van der Waals surface area contributed by atoms with Crippen LogP contribution in [-0.2, 0) is 16.1 Å². The van der Waals surface area contributed by atoms with Crippen LogP contribution >= 0.6 is 35.0 Å². The Hall–Kier alpha value is -3.46. The van der Waals surface area contributed by atoms with Crippen molar-refractivity contribution in [1.82, 2.24) is 4.90 Å². The molecule has 1 fully saturated rings. The molecule has 1 aliphatic rings. The normalized spacial score (nSPS) is 14.2. The van der Waals surface area contributed by atoms with Crippen molar-refractivity contribution in [1.29, 1.82) is 0 Å². The van der Waals surface area contributed by atoms with Crippen molar-refractivity contribution < 1.29 is 23.9 Å². The summed E-state index contributed by atoms with van der Waals surface area (Å²) in [6.45, 7) is 3.98. The Kier molecular flexibility index (Phi) is 8.99. The van der Waals surface area contributed by atoms with E-state index in [-0.39, 0.29) is 29.2 Å². The second-order valence-corrected chi connectivity index (χ2v) is 10.1. The van der Waals surface area contributed by atoms with E-state index in [0.29, 0.717) is 39.3 Å². The number of halogens is 2. The predicted octanol–water partition coefficient (Wildman–Crippen LogP) is 6.95. The maximum atomic E-state index is 13.0. The van der Waals surface area contributed by atoms with Gasteiger partial charge in [0.2, 0.25) is 0 Å². The molecule has 10 heteroatoms.